The molecule has 0 saturated carbocycles. The summed E-state index contributed by atoms with van der Waals surface area (Å²) < 4.78 is 38.4. The minimum atomic E-state index is -4.31. The van der Waals surface area contributed by atoms with Crippen molar-refractivity contribution in [1.29, 1.82) is 0 Å². The lowest BCUT2D eigenvalue weighted by atomic mass is 10.1. The van der Waals surface area contributed by atoms with Gasteiger partial charge in [-0.3, -0.25) is 14.6 Å². The molecule has 0 spiro atoms. The molecule has 0 aliphatic carbocycles. The lowest BCUT2D eigenvalue weighted by Gasteiger charge is -2.34. The number of carbonyl (C=O) groups is 1. The summed E-state index contributed by atoms with van der Waals surface area (Å²) >= 11 is 1.45. The highest BCUT2D eigenvalue weighted by Crippen LogP contribution is 2.29. The normalized spacial score (nSPS) is 16.9. The van der Waals surface area contributed by atoms with E-state index in [1.807, 2.05) is 17.5 Å². The van der Waals surface area contributed by atoms with E-state index < -0.39 is 11.7 Å². The number of piperazine rings is 1. The average Bonchev–Trinajstić information content (AvgIpc) is 3.11. The molecule has 0 radical (unpaired) electrons. The standard InChI is InChI=1S/C18H19F3N2OS/c19-18(20,21)15-4-1-3-14(11-15)12-22-6-8-23(9-7-22)13-16(24)17-5-2-10-25-17/h1-5,10-11H,6-9,12-13H2. The van der Waals surface area contributed by atoms with Gasteiger partial charge in [-0.1, -0.05) is 24.3 Å². The number of nitrogens with zero attached hydrogens (tertiary/aromatic N) is 2. The largest absolute Gasteiger partial charge is 0.416 e. The van der Waals surface area contributed by atoms with Gasteiger partial charge in [-0.25, -0.2) is 0 Å². The predicted molar refractivity (Wildman–Crippen MR) is 91.8 cm³/mol. The summed E-state index contributed by atoms with van der Waals surface area (Å²) in [5.74, 6) is 0.126. The second-order valence-electron chi connectivity index (χ2n) is 6.15. The smallest absolute Gasteiger partial charge is 0.297 e. The zero-order valence-corrected chi connectivity index (χ0v) is 14.4. The molecule has 3 rings (SSSR count). The maximum absolute atomic E-state index is 12.8. The molecule has 1 aromatic carbocycles. The van der Waals surface area contributed by atoms with Crippen LogP contribution in [0.5, 0.6) is 0 Å². The van der Waals surface area contributed by atoms with E-state index in [4.69, 9.17) is 0 Å². The van der Waals surface area contributed by atoms with Crippen molar-refractivity contribution in [3.8, 4) is 0 Å². The third kappa shape index (κ3) is 4.90. The summed E-state index contributed by atoms with van der Waals surface area (Å²) in [5.41, 5.74) is 0.0584. The van der Waals surface area contributed by atoms with Crippen LogP contribution in [0.4, 0.5) is 13.2 Å². The van der Waals surface area contributed by atoms with Crippen molar-refractivity contribution >= 4 is 17.1 Å². The zero-order chi connectivity index (χ0) is 17.9. The molecule has 1 aromatic heterocycles. The summed E-state index contributed by atoms with van der Waals surface area (Å²) in [5, 5.41) is 1.89. The first-order chi connectivity index (χ1) is 11.9. The fraction of sp³-hybridized carbons (Fsp3) is 0.389. The summed E-state index contributed by atoms with van der Waals surface area (Å²) in [4.78, 5) is 17.1. The van der Waals surface area contributed by atoms with Crippen molar-refractivity contribution < 1.29 is 18.0 Å². The number of benzene rings is 1. The molecule has 0 unspecified atom stereocenters. The second kappa shape index (κ2) is 7.68. The topological polar surface area (TPSA) is 23.6 Å². The van der Waals surface area contributed by atoms with Gasteiger partial charge in [-0.15, -0.1) is 11.3 Å². The molecule has 25 heavy (non-hydrogen) atoms. The van der Waals surface area contributed by atoms with Gasteiger partial charge in [0, 0.05) is 32.7 Å². The minimum absolute atomic E-state index is 0.126. The zero-order valence-electron chi connectivity index (χ0n) is 13.6. The fourth-order valence-electron chi connectivity index (χ4n) is 2.93. The fourth-order valence-corrected chi connectivity index (χ4v) is 3.58. The van der Waals surface area contributed by atoms with Crippen LogP contribution in [0.1, 0.15) is 20.8 Å². The number of thiophene rings is 1. The van der Waals surface area contributed by atoms with Crippen LogP contribution in [0.2, 0.25) is 0 Å². The first kappa shape index (κ1) is 18.1. The SMILES string of the molecule is O=C(CN1CCN(Cc2cccc(C(F)(F)F)c2)CC1)c1cccs1. The van der Waals surface area contributed by atoms with Crippen LogP contribution in [-0.4, -0.2) is 48.3 Å². The Labute approximate surface area is 148 Å². The van der Waals surface area contributed by atoms with E-state index in [9.17, 15) is 18.0 Å². The first-order valence-corrected chi connectivity index (χ1v) is 8.97. The number of rotatable bonds is 5. The van der Waals surface area contributed by atoms with Gasteiger partial charge in [0.25, 0.3) is 0 Å². The Kier molecular flexibility index (Phi) is 5.56. The number of halogens is 3. The number of Topliss-reactive ketones (excluding diaryl/α,β-unsaturated/α-hetero) is 1. The highest BCUT2D eigenvalue weighted by Gasteiger charge is 2.30. The molecule has 1 aliphatic heterocycles. The van der Waals surface area contributed by atoms with Crippen molar-refractivity contribution in [2.45, 2.75) is 12.7 Å². The van der Waals surface area contributed by atoms with Crippen LogP contribution in [0, 0.1) is 0 Å². The van der Waals surface area contributed by atoms with Gasteiger partial charge < -0.3 is 0 Å². The summed E-state index contributed by atoms with van der Waals surface area (Å²) in [7, 11) is 0. The van der Waals surface area contributed by atoms with Gasteiger partial charge in [0.2, 0.25) is 0 Å². The van der Waals surface area contributed by atoms with Crippen LogP contribution in [0.25, 0.3) is 0 Å². The van der Waals surface area contributed by atoms with Crippen molar-refractivity contribution in [1.82, 2.24) is 9.80 Å². The number of alkyl halides is 3. The maximum atomic E-state index is 12.8. The van der Waals surface area contributed by atoms with E-state index in [1.54, 1.807) is 6.07 Å². The lowest BCUT2D eigenvalue weighted by molar-refractivity contribution is -0.137. The predicted octanol–water partition coefficient (Wildman–Crippen LogP) is 3.77. The second-order valence-corrected chi connectivity index (χ2v) is 7.10. The van der Waals surface area contributed by atoms with Crippen LogP contribution in [0.3, 0.4) is 0 Å². The monoisotopic (exact) mass is 368 g/mol. The molecule has 0 atom stereocenters. The molecule has 1 aliphatic rings. The molecule has 0 bridgehead atoms. The first-order valence-electron chi connectivity index (χ1n) is 8.09. The van der Waals surface area contributed by atoms with E-state index in [-0.39, 0.29) is 5.78 Å². The molecular weight excluding hydrogens is 349 g/mol. The van der Waals surface area contributed by atoms with Gasteiger partial charge in [-0.05, 0) is 23.1 Å². The molecule has 2 heterocycles. The molecule has 0 amide bonds. The van der Waals surface area contributed by atoms with Gasteiger partial charge in [0.1, 0.15) is 0 Å². The molecule has 3 nitrogen and oxygen atoms in total. The van der Waals surface area contributed by atoms with Crippen LogP contribution in [0.15, 0.2) is 41.8 Å². The number of hydrogen-bond acceptors (Lipinski definition) is 4. The Morgan fingerprint density at radius 2 is 1.76 bits per heavy atom. The molecule has 0 N–H and O–H groups in total. The molecule has 1 saturated heterocycles. The number of ketones is 1. The Morgan fingerprint density at radius 1 is 1.04 bits per heavy atom. The van der Waals surface area contributed by atoms with Gasteiger partial charge in [0.05, 0.1) is 17.0 Å². The van der Waals surface area contributed by atoms with Crippen LogP contribution >= 0.6 is 11.3 Å². The van der Waals surface area contributed by atoms with E-state index in [1.165, 1.54) is 23.5 Å². The highest BCUT2D eigenvalue weighted by molar-refractivity contribution is 7.12. The summed E-state index contributed by atoms with van der Waals surface area (Å²) in [6, 6.07) is 9.18. The van der Waals surface area contributed by atoms with Crippen LogP contribution in [-0.2, 0) is 12.7 Å². The van der Waals surface area contributed by atoms with E-state index >= 15 is 0 Å². The van der Waals surface area contributed by atoms with Gasteiger partial charge in [0.15, 0.2) is 5.78 Å². The number of hydrogen-bond donors (Lipinski definition) is 0. The van der Waals surface area contributed by atoms with Crippen molar-refractivity contribution in [2.75, 3.05) is 32.7 Å². The Morgan fingerprint density at radius 3 is 2.40 bits per heavy atom. The van der Waals surface area contributed by atoms with E-state index in [0.29, 0.717) is 18.7 Å². The van der Waals surface area contributed by atoms with Gasteiger partial charge >= 0.3 is 6.18 Å². The van der Waals surface area contributed by atoms with E-state index in [0.717, 1.165) is 37.1 Å². The molecular formula is C18H19F3N2OS. The van der Waals surface area contributed by atoms with Crippen LogP contribution < -0.4 is 0 Å². The lowest BCUT2D eigenvalue weighted by Crippen LogP contribution is -2.47. The Balaban J connectivity index is 1.50. The quantitative estimate of drug-likeness (QED) is 0.751. The molecule has 1 fully saturated rings. The summed E-state index contributed by atoms with van der Waals surface area (Å²) in [6.45, 7) is 3.88. The molecule has 2 aromatic rings. The minimum Gasteiger partial charge on any atom is -0.297 e. The summed E-state index contributed by atoms with van der Waals surface area (Å²) in [6.07, 6.45) is -4.31. The highest BCUT2D eigenvalue weighted by atomic mass is 32.1. The van der Waals surface area contributed by atoms with Crippen molar-refractivity contribution in [3.63, 3.8) is 0 Å². The van der Waals surface area contributed by atoms with Gasteiger partial charge in [-0.2, -0.15) is 13.2 Å². The maximum Gasteiger partial charge on any atom is 0.416 e. The molecule has 134 valence electrons. The van der Waals surface area contributed by atoms with E-state index in [2.05, 4.69) is 9.80 Å². The third-order valence-corrected chi connectivity index (χ3v) is 5.20. The average molecular weight is 368 g/mol. The Hall–Kier alpha value is -1.70. The molecule has 7 heteroatoms. The van der Waals surface area contributed by atoms with Crippen molar-refractivity contribution in [2.24, 2.45) is 0 Å². The number of carbonyl (C=O) groups excluding carboxylic acids is 1. The van der Waals surface area contributed by atoms with Crippen molar-refractivity contribution in [3.05, 3.63) is 57.8 Å². The Bertz CT molecular complexity index is 707. The third-order valence-electron chi connectivity index (χ3n) is 4.29.